The molecule has 2 heteroatoms. The van der Waals surface area contributed by atoms with E-state index in [9.17, 15) is 0 Å². The van der Waals surface area contributed by atoms with Gasteiger partial charge in [-0.1, -0.05) is 137 Å². The molecule has 2 heterocycles. The Morgan fingerprint density at radius 2 is 1.52 bits per heavy atom. The molecule has 42 heavy (non-hydrogen) atoms. The minimum atomic E-state index is 0.278. The van der Waals surface area contributed by atoms with E-state index in [1.54, 1.807) is 0 Å². The van der Waals surface area contributed by atoms with Gasteiger partial charge in [0.05, 0.1) is 11.7 Å². The predicted molar refractivity (Wildman–Crippen MR) is 184 cm³/mol. The highest BCUT2D eigenvalue weighted by molar-refractivity contribution is 6.04. The average molecular weight is 547 g/mol. The van der Waals surface area contributed by atoms with Crippen LogP contribution in [0, 0.1) is 0 Å². The van der Waals surface area contributed by atoms with Gasteiger partial charge in [-0.15, -0.1) is 0 Å². The topological polar surface area (TPSA) is 17.0 Å². The maximum absolute atomic E-state index is 4.39. The van der Waals surface area contributed by atoms with Crippen molar-refractivity contribution in [2.75, 3.05) is 5.32 Å². The second kappa shape index (κ2) is 11.6. The van der Waals surface area contributed by atoms with Gasteiger partial charge in [0.2, 0.25) is 0 Å². The maximum atomic E-state index is 4.39. The summed E-state index contributed by atoms with van der Waals surface area (Å²) in [5.41, 5.74) is 10.1. The van der Waals surface area contributed by atoms with Crippen LogP contribution >= 0.6 is 0 Å². The number of nitrogens with zero attached hydrogens (tertiary/aromatic N) is 1. The molecule has 0 bridgehead atoms. The van der Waals surface area contributed by atoms with Crippen molar-refractivity contribution in [2.45, 2.75) is 40.2 Å². The summed E-state index contributed by atoms with van der Waals surface area (Å²) in [6.07, 6.45) is 16.8. The highest BCUT2D eigenvalue weighted by Crippen LogP contribution is 2.40. The number of aromatic nitrogens is 1. The van der Waals surface area contributed by atoms with Gasteiger partial charge in [-0.05, 0) is 40.0 Å². The first-order valence-electron chi connectivity index (χ1n) is 15.2. The number of hydrogen-bond acceptors (Lipinski definition) is 1. The van der Waals surface area contributed by atoms with E-state index < -0.39 is 0 Å². The lowest BCUT2D eigenvalue weighted by molar-refractivity contribution is 0.725. The SMILES string of the molecule is C=c1cccc2c1=C(C=CC1=Cc3c(n(C4C=CC=C4)c4ccccc34)C1)c1ccc3ccccc3c1N2.CC.CC. The molecule has 3 aliphatic rings. The van der Waals surface area contributed by atoms with Crippen LogP contribution < -0.4 is 15.8 Å². The van der Waals surface area contributed by atoms with E-state index in [0.29, 0.717) is 0 Å². The minimum absolute atomic E-state index is 0.278. The normalized spacial score (nSPS) is 14.6. The van der Waals surface area contributed by atoms with Gasteiger partial charge in [0.1, 0.15) is 0 Å². The summed E-state index contributed by atoms with van der Waals surface area (Å²) in [4.78, 5) is 0. The van der Waals surface area contributed by atoms with E-state index in [-0.39, 0.29) is 6.04 Å². The van der Waals surface area contributed by atoms with Crippen LogP contribution in [0.2, 0.25) is 0 Å². The Bertz CT molecular complexity index is 2030. The Labute approximate surface area is 249 Å². The standard InChI is InChI=1S/C36H26N2.2C2H6/c1-23-9-8-15-32-35(23)29(30-20-18-25-10-2-5-13-27(25)36(30)37-32)19-17-24-21-31-28-14-6-7-16-33(28)38(34(31)22-24)26-11-3-4-12-26;2*1-2/h2-21,26,37H,1,22H2;2*1-2H3. The fraction of sp³-hybridized carbons (Fsp3) is 0.150. The fourth-order valence-electron chi connectivity index (χ4n) is 6.44. The molecule has 8 rings (SSSR count). The largest absolute Gasteiger partial charge is 0.354 e. The quantitative estimate of drug-likeness (QED) is 0.239. The molecule has 208 valence electrons. The number of allylic oxidation sites excluding steroid dienone is 7. The third-order valence-electron chi connectivity index (χ3n) is 8.15. The molecule has 2 aliphatic carbocycles. The molecule has 0 saturated heterocycles. The molecular formula is C40H38N2. The first kappa shape index (κ1) is 27.4. The number of rotatable bonds is 3. The highest BCUT2D eigenvalue weighted by Gasteiger charge is 2.24. The van der Waals surface area contributed by atoms with Crippen LogP contribution in [-0.2, 0) is 6.42 Å². The molecule has 1 aliphatic heterocycles. The Hall–Kier alpha value is -4.82. The van der Waals surface area contributed by atoms with Gasteiger partial charge in [0.25, 0.3) is 0 Å². The number of benzene rings is 4. The molecule has 4 aromatic carbocycles. The van der Waals surface area contributed by atoms with Gasteiger partial charge >= 0.3 is 0 Å². The summed E-state index contributed by atoms with van der Waals surface area (Å²) < 4.78 is 2.50. The summed E-state index contributed by atoms with van der Waals surface area (Å²) >= 11 is 0. The monoisotopic (exact) mass is 546 g/mol. The van der Waals surface area contributed by atoms with Gasteiger partial charge in [-0.2, -0.15) is 0 Å². The lowest BCUT2D eigenvalue weighted by Crippen LogP contribution is -2.31. The third kappa shape index (κ3) is 4.44. The number of nitrogens with one attached hydrogen (secondary N) is 1. The number of hydrogen-bond donors (Lipinski definition) is 1. The molecule has 0 amide bonds. The van der Waals surface area contributed by atoms with Crippen LogP contribution in [0.25, 0.3) is 39.9 Å². The zero-order valence-electron chi connectivity index (χ0n) is 25.0. The Morgan fingerprint density at radius 3 is 2.33 bits per heavy atom. The Balaban J connectivity index is 0.000000759. The molecule has 0 atom stereocenters. The predicted octanol–water partition coefficient (Wildman–Crippen LogP) is 9.38. The molecule has 0 unspecified atom stereocenters. The molecule has 0 radical (unpaired) electrons. The van der Waals surface area contributed by atoms with Crippen LogP contribution in [-0.4, -0.2) is 4.57 Å². The van der Waals surface area contributed by atoms with Crippen molar-refractivity contribution >= 4 is 51.3 Å². The molecule has 1 N–H and O–H groups in total. The van der Waals surface area contributed by atoms with Crippen molar-refractivity contribution in [3.05, 3.63) is 148 Å². The smallest absolute Gasteiger partial charge is 0.0709 e. The van der Waals surface area contributed by atoms with Crippen LogP contribution in [0.15, 0.2) is 121 Å². The van der Waals surface area contributed by atoms with E-state index >= 15 is 0 Å². The van der Waals surface area contributed by atoms with Crippen LogP contribution in [0.1, 0.15) is 50.6 Å². The van der Waals surface area contributed by atoms with Gasteiger partial charge in [-0.3, -0.25) is 0 Å². The van der Waals surface area contributed by atoms with Crippen molar-refractivity contribution in [2.24, 2.45) is 0 Å². The number of fused-ring (bicyclic) bond motifs is 7. The van der Waals surface area contributed by atoms with Gasteiger partial charge in [0.15, 0.2) is 0 Å². The second-order valence-corrected chi connectivity index (χ2v) is 10.3. The Morgan fingerprint density at radius 1 is 0.786 bits per heavy atom. The maximum Gasteiger partial charge on any atom is 0.0709 e. The van der Waals surface area contributed by atoms with Crippen molar-refractivity contribution in [3.8, 4) is 0 Å². The third-order valence-corrected chi connectivity index (χ3v) is 8.15. The van der Waals surface area contributed by atoms with Crippen molar-refractivity contribution in [1.29, 1.82) is 0 Å². The van der Waals surface area contributed by atoms with E-state index in [1.807, 2.05) is 27.7 Å². The minimum Gasteiger partial charge on any atom is -0.354 e. The lowest BCUT2D eigenvalue weighted by Gasteiger charge is -2.22. The van der Waals surface area contributed by atoms with E-state index in [0.717, 1.165) is 17.3 Å². The lowest BCUT2D eigenvalue weighted by atomic mass is 9.92. The second-order valence-electron chi connectivity index (χ2n) is 10.3. The molecule has 2 nitrogen and oxygen atoms in total. The molecule has 0 spiro atoms. The molecule has 0 fully saturated rings. The van der Waals surface area contributed by atoms with Crippen LogP contribution in [0.4, 0.5) is 11.4 Å². The summed E-state index contributed by atoms with van der Waals surface area (Å²) in [5, 5.41) is 9.75. The zero-order chi connectivity index (χ0) is 29.2. The van der Waals surface area contributed by atoms with Gasteiger partial charge < -0.3 is 9.88 Å². The van der Waals surface area contributed by atoms with Gasteiger partial charge in [0, 0.05) is 50.4 Å². The van der Waals surface area contributed by atoms with Crippen LogP contribution in [0.5, 0.6) is 0 Å². The van der Waals surface area contributed by atoms with Crippen molar-refractivity contribution < 1.29 is 0 Å². The van der Waals surface area contributed by atoms with E-state index in [2.05, 4.69) is 138 Å². The van der Waals surface area contributed by atoms with Crippen molar-refractivity contribution in [3.63, 3.8) is 0 Å². The van der Waals surface area contributed by atoms with E-state index in [4.69, 9.17) is 0 Å². The molecule has 5 aromatic rings. The van der Waals surface area contributed by atoms with Gasteiger partial charge in [-0.25, -0.2) is 0 Å². The zero-order valence-corrected chi connectivity index (χ0v) is 25.0. The molecule has 1 aromatic heterocycles. The van der Waals surface area contributed by atoms with Crippen LogP contribution in [0.3, 0.4) is 0 Å². The summed E-state index contributed by atoms with van der Waals surface area (Å²) in [5.74, 6) is 0. The number of anilines is 2. The van der Waals surface area contributed by atoms with E-state index in [1.165, 1.54) is 60.5 Å². The Kier molecular flexibility index (Phi) is 7.54. The highest BCUT2D eigenvalue weighted by atomic mass is 15.0. The first-order valence-corrected chi connectivity index (χ1v) is 15.2. The fourth-order valence-corrected chi connectivity index (χ4v) is 6.44. The molecular weight excluding hydrogens is 508 g/mol. The summed E-state index contributed by atoms with van der Waals surface area (Å²) in [7, 11) is 0. The molecule has 0 saturated carbocycles. The van der Waals surface area contributed by atoms with Crippen molar-refractivity contribution in [1.82, 2.24) is 4.57 Å². The summed E-state index contributed by atoms with van der Waals surface area (Å²) in [6.45, 7) is 12.4. The first-order chi connectivity index (χ1) is 20.8. The number of para-hydroxylation sites is 1. The summed E-state index contributed by atoms with van der Waals surface area (Å²) in [6, 6.07) is 28.5. The average Bonchev–Trinajstić information content (AvgIpc) is 3.78.